The number of benzene rings is 1. The maximum atomic E-state index is 13.9. The minimum atomic E-state index is -0.740. The van der Waals surface area contributed by atoms with Gasteiger partial charge in [-0.1, -0.05) is 42.5 Å². The number of hydrogen-bond acceptors (Lipinski definition) is 5. The van der Waals surface area contributed by atoms with Crippen molar-refractivity contribution in [3.8, 4) is 5.75 Å². The van der Waals surface area contributed by atoms with Crippen LogP contribution in [-0.4, -0.2) is 17.2 Å². The maximum absolute atomic E-state index is 13.9. The van der Waals surface area contributed by atoms with Crippen molar-refractivity contribution in [1.82, 2.24) is 10.3 Å². The first-order valence-electron chi connectivity index (χ1n) is 9.60. The van der Waals surface area contributed by atoms with Crippen LogP contribution < -0.4 is 15.4 Å². The lowest BCUT2D eigenvalue weighted by atomic mass is 9.95. The van der Waals surface area contributed by atoms with Crippen molar-refractivity contribution in [2.24, 2.45) is 0 Å². The van der Waals surface area contributed by atoms with E-state index in [-0.39, 0.29) is 5.02 Å². The number of anilines is 1. The number of hydrogen-bond donors (Lipinski definition) is 3. The van der Waals surface area contributed by atoms with E-state index in [1.807, 2.05) is 6.20 Å². The topological polar surface area (TPSA) is 70.0 Å². The average molecular weight is 435 g/mol. The van der Waals surface area contributed by atoms with Gasteiger partial charge in [-0.25, -0.2) is 9.37 Å². The van der Waals surface area contributed by atoms with Crippen LogP contribution in [0.1, 0.15) is 49.5 Å². The number of rotatable bonds is 5. The summed E-state index contributed by atoms with van der Waals surface area (Å²) in [7, 11) is 0. The molecule has 29 heavy (non-hydrogen) atoms. The lowest BCUT2D eigenvalue weighted by molar-refractivity contribution is 0.259. The van der Waals surface area contributed by atoms with Crippen molar-refractivity contribution in [1.29, 1.82) is 5.41 Å². The van der Waals surface area contributed by atoms with Gasteiger partial charge >= 0.3 is 0 Å². The number of halogens is 3. The van der Waals surface area contributed by atoms with Crippen LogP contribution in [0.15, 0.2) is 30.6 Å². The van der Waals surface area contributed by atoms with Crippen LogP contribution in [0.2, 0.25) is 10.0 Å². The lowest BCUT2D eigenvalue weighted by Gasteiger charge is -2.22. The van der Waals surface area contributed by atoms with Crippen LogP contribution in [0.3, 0.4) is 0 Å². The summed E-state index contributed by atoms with van der Waals surface area (Å²) in [5.74, 6) is 0.443. The van der Waals surface area contributed by atoms with Gasteiger partial charge in [0.15, 0.2) is 11.6 Å². The second-order valence-electron chi connectivity index (χ2n) is 7.22. The van der Waals surface area contributed by atoms with Gasteiger partial charge in [0, 0.05) is 35.8 Å². The van der Waals surface area contributed by atoms with Gasteiger partial charge < -0.3 is 20.8 Å². The Bertz CT molecular complexity index is 960. The second-order valence-corrected chi connectivity index (χ2v) is 8.00. The van der Waals surface area contributed by atoms with E-state index < -0.39 is 12.0 Å². The number of fused-ring (bicyclic) bond motifs is 1. The Balaban J connectivity index is 1.54. The van der Waals surface area contributed by atoms with Crippen LogP contribution in [0.25, 0.3) is 5.57 Å². The summed E-state index contributed by atoms with van der Waals surface area (Å²) in [5.41, 5.74) is 1.79. The van der Waals surface area contributed by atoms with Crippen molar-refractivity contribution >= 4 is 40.8 Å². The van der Waals surface area contributed by atoms with Gasteiger partial charge in [-0.2, -0.15) is 0 Å². The van der Waals surface area contributed by atoms with Gasteiger partial charge in [-0.15, -0.1) is 0 Å². The predicted octanol–water partition coefficient (Wildman–Crippen LogP) is 5.94. The first-order valence-corrected chi connectivity index (χ1v) is 10.4. The Kier molecular flexibility index (Phi) is 5.92. The van der Waals surface area contributed by atoms with Crippen LogP contribution in [0.5, 0.6) is 5.75 Å². The van der Waals surface area contributed by atoms with Crippen LogP contribution >= 0.6 is 23.2 Å². The van der Waals surface area contributed by atoms with Crippen molar-refractivity contribution in [2.75, 3.05) is 5.32 Å². The highest BCUT2D eigenvalue weighted by Crippen LogP contribution is 2.42. The Morgan fingerprint density at radius 1 is 1.28 bits per heavy atom. The Morgan fingerprint density at radius 3 is 2.83 bits per heavy atom. The highest BCUT2D eigenvalue weighted by atomic mass is 35.5. The summed E-state index contributed by atoms with van der Waals surface area (Å²) < 4.78 is 19.8. The molecule has 2 aromatic rings. The van der Waals surface area contributed by atoms with E-state index in [0.29, 0.717) is 33.8 Å². The highest BCUT2D eigenvalue weighted by Gasteiger charge is 2.30. The van der Waals surface area contributed by atoms with E-state index in [4.69, 9.17) is 33.3 Å². The van der Waals surface area contributed by atoms with E-state index in [1.54, 1.807) is 12.3 Å². The van der Waals surface area contributed by atoms with Crippen LogP contribution in [0, 0.1) is 11.2 Å². The van der Waals surface area contributed by atoms with E-state index >= 15 is 0 Å². The molecule has 0 saturated heterocycles. The highest BCUT2D eigenvalue weighted by molar-refractivity contribution is 6.36. The third-order valence-electron chi connectivity index (χ3n) is 5.28. The molecule has 2 heterocycles. The van der Waals surface area contributed by atoms with Gasteiger partial charge in [-0.3, -0.25) is 0 Å². The van der Waals surface area contributed by atoms with Gasteiger partial charge in [0.1, 0.15) is 5.82 Å². The smallest absolute Gasteiger partial charge is 0.200 e. The SMILES string of the molecule is N=C/C(=C\NC1CCCCC1)c1cnc2c(c1)O[C@@H](c1c(Cl)ccc(F)c1Cl)N2. The molecule has 1 fully saturated rings. The van der Waals surface area contributed by atoms with Crippen LogP contribution in [0.4, 0.5) is 10.2 Å². The van der Waals surface area contributed by atoms with Crippen molar-refractivity contribution in [3.63, 3.8) is 0 Å². The van der Waals surface area contributed by atoms with Crippen molar-refractivity contribution < 1.29 is 9.13 Å². The summed E-state index contributed by atoms with van der Waals surface area (Å²) in [4.78, 5) is 4.39. The second kappa shape index (κ2) is 8.59. The first-order chi connectivity index (χ1) is 14.1. The average Bonchev–Trinajstić information content (AvgIpc) is 3.15. The molecule has 2 aliphatic rings. The molecule has 1 aromatic heterocycles. The van der Waals surface area contributed by atoms with E-state index in [1.165, 1.54) is 37.6 Å². The molecule has 0 unspecified atom stereocenters. The summed E-state index contributed by atoms with van der Waals surface area (Å²) >= 11 is 12.3. The van der Waals surface area contributed by atoms with Crippen molar-refractivity contribution in [3.05, 3.63) is 57.6 Å². The van der Waals surface area contributed by atoms with Gasteiger partial charge in [0.2, 0.25) is 6.23 Å². The number of allylic oxidation sites excluding steroid dienone is 1. The molecule has 3 N–H and O–H groups in total. The molecule has 0 radical (unpaired) electrons. The molecule has 8 heteroatoms. The Hall–Kier alpha value is -2.31. The van der Waals surface area contributed by atoms with Gasteiger partial charge in [0.05, 0.1) is 15.6 Å². The predicted molar refractivity (Wildman–Crippen MR) is 114 cm³/mol. The fraction of sp³-hybridized carbons (Fsp3) is 0.333. The molecule has 1 aliphatic heterocycles. The molecule has 4 rings (SSSR count). The summed E-state index contributed by atoms with van der Waals surface area (Å²) in [6, 6.07) is 4.90. The Morgan fingerprint density at radius 2 is 2.07 bits per heavy atom. The summed E-state index contributed by atoms with van der Waals surface area (Å²) in [5, 5.41) is 14.5. The van der Waals surface area contributed by atoms with Crippen LogP contribution in [-0.2, 0) is 0 Å². The minimum absolute atomic E-state index is 0.0835. The molecular weight excluding hydrogens is 414 g/mol. The molecule has 1 aromatic carbocycles. The fourth-order valence-corrected chi connectivity index (χ4v) is 4.25. The first kappa shape index (κ1) is 20.0. The van der Waals surface area contributed by atoms with E-state index in [2.05, 4.69) is 15.6 Å². The van der Waals surface area contributed by atoms with Gasteiger partial charge in [-0.05, 0) is 31.0 Å². The molecule has 0 amide bonds. The standard InChI is InChI=1S/C21H21Cl2FN4O/c22-15-6-7-16(24)19(23)18(15)21-28-20-17(29-21)8-12(10-27-20)13(9-25)11-26-14-4-2-1-3-5-14/h6-11,14,21,25-26H,1-5H2,(H,27,28)/b13-11+,25-9?/t21-/m0/s1. The molecular formula is C21H21Cl2FN4O. The largest absolute Gasteiger partial charge is 0.462 e. The zero-order valence-electron chi connectivity index (χ0n) is 15.6. The number of aromatic nitrogens is 1. The van der Waals surface area contributed by atoms with Gasteiger partial charge in [0.25, 0.3) is 0 Å². The number of ether oxygens (including phenoxy) is 1. The molecule has 0 bridgehead atoms. The quantitative estimate of drug-likeness (QED) is 0.401. The molecule has 1 atom stereocenters. The van der Waals surface area contributed by atoms with E-state index in [0.717, 1.165) is 18.4 Å². The van der Waals surface area contributed by atoms with E-state index in [9.17, 15) is 4.39 Å². The molecule has 1 saturated carbocycles. The normalized spacial score (nSPS) is 19.3. The monoisotopic (exact) mass is 434 g/mol. The third kappa shape index (κ3) is 4.19. The maximum Gasteiger partial charge on any atom is 0.200 e. The summed E-state index contributed by atoms with van der Waals surface area (Å²) in [6.07, 6.45) is 10.1. The molecule has 5 nitrogen and oxygen atoms in total. The zero-order chi connectivity index (χ0) is 20.4. The zero-order valence-corrected chi connectivity index (χ0v) is 17.2. The Labute approximate surface area is 178 Å². The molecule has 152 valence electrons. The molecule has 1 aliphatic carbocycles. The fourth-order valence-electron chi connectivity index (χ4n) is 3.68. The number of pyridine rings is 1. The summed E-state index contributed by atoms with van der Waals surface area (Å²) in [6.45, 7) is 0. The number of nitrogens with zero attached hydrogens (tertiary/aromatic N) is 1. The minimum Gasteiger partial charge on any atom is -0.462 e. The third-order valence-corrected chi connectivity index (χ3v) is 5.99. The lowest BCUT2D eigenvalue weighted by Crippen LogP contribution is -2.26. The van der Waals surface area contributed by atoms with Crippen molar-refractivity contribution in [2.45, 2.75) is 44.4 Å². The number of nitrogens with one attached hydrogen (secondary N) is 3. The molecule has 0 spiro atoms.